The van der Waals surface area contributed by atoms with Gasteiger partial charge >= 0.3 is 0 Å². The lowest BCUT2D eigenvalue weighted by atomic mass is 10.2. The number of thioether (sulfide) groups is 1. The number of aliphatic hydroxyl groups is 1. The van der Waals surface area contributed by atoms with Crippen molar-refractivity contribution >= 4 is 23.4 Å². The van der Waals surface area contributed by atoms with Gasteiger partial charge in [0.05, 0.1) is 16.9 Å². The van der Waals surface area contributed by atoms with Crippen molar-refractivity contribution < 1.29 is 5.11 Å². The van der Waals surface area contributed by atoms with Crippen LogP contribution in [0.2, 0.25) is 5.02 Å². The zero-order valence-corrected chi connectivity index (χ0v) is 12.4. The van der Waals surface area contributed by atoms with E-state index in [4.69, 9.17) is 11.6 Å². The van der Waals surface area contributed by atoms with Crippen molar-refractivity contribution in [2.24, 2.45) is 0 Å². The summed E-state index contributed by atoms with van der Waals surface area (Å²) in [7, 11) is 0. The van der Waals surface area contributed by atoms with Crippen LogP contribution >= 0.6 is 23.4 Å². The highest BCUT2D eigenvalue weighted by Gasteiger charge is 2.20. The number of hydrogen-bond donors (Lipinski definition) is 1. The lowest BCUT2D eigenvalue weighted by molar-refractivity contribution is 0.189. The molecule has 0 saturated carbocycles. The molecule has 2 atom stereocenters. The van der Waals surface area contributed by atoms with Crippen LogP contribution in [-0.4, -0.2) is 25.9 Å². The number of halogens is 1. The SMILES string of the molecule is CCC(C)SCC(O)c1c(Cl)cnn1C(C)C. The van der Waals surface area contributed by atoms with E-state index < -0.39 is 6.10 Å². The summed E-state index contributed by atoms with van der Waals surface area (Å²) in [6.07, 6.45) is 2.16. The average Bonchev–Trinajstić information content (AvgIpc) is 2.67. The largest absolute Gasteiger partial charge is 0.386 e. The van der Waals surface area contributed by atoms with Crippen LogP contribution in [0.1, 0.15) is 52.0 Å². The van der Waals surface area contributed by atoms with E-state index in [1.807, 2.05) is 13.8 Å². The Morgan fingerprint density at radius 2 is 2.12 bits per heavy atom. The van der Waals surface area contributed by atoms with Gasteiger partial charge in [0.1, 0.15) is 6.10 Å². The Bertz CT molecular complexity index is 354. The Balaban J connectivity index is 2.74. The molecule has 98 valence electrons. The summed E-state index contributed by atoms with van der Waals surface area (Å²) in [6.45, 7) is 8.37. The van der Waals surface area contributed by atoms with Gasteiger partial charge in [0.2, 0.25) is 0 Å². The molecule has 0 aliphatic heterocycles. The minimum Gasteiger partial charge on any atom is -0.386 e. The van der Waals surface area contributed by atoms with Gasteiger partial charge in [-0.25, -0.2) is 0 Å². The summed E-state index contributed by atoms with van der Waals surface area (Å²) in [4.78, 5) is 0. The Morgan fingerprint density at radius 1 is 1.47 bits per heavy atom. The fourth-order valence-corrected chi connectivity index (χ4v) is 2.69. The molecule has 2 unspecified atom stereocenters. The highest BCUT2D eigenvalue weighted by Crippen LogP contribution is 2.29. The standard InChI is InChI=1S/C12H21ClN2OS/c1-5-9(4)17-7-11(16)12-10(13)6-14-15(12)8(2)3/h6,8-9,11,16H,5,7H2,1-4H3. The Kier molecular flexibility index (Phi) is 5.83. The molecule has 0 bridgehead atoms. The van der Waals surface area contributed by atoms with Crippen LogP contribution in [-0.2, 0) is 0 Å². The van der Waals surface area contributed by atoms with E-state index >= 15 is 0 Å². The number of nitrogens with zero attached hydrogens (tertiary/aromatic N) is 2. The van der Waals surface area contributed by atoms with E-state index in [1.54, 1.807) is 22.6 Å². The van der Waals surface area contributed by atoms with Crippen molar-refractivity contribution in [1.82, 2.24) is 9.78 Å². The van der Waals surface area contributed by atoms with E-state index in [9.17, 15) is 5.11 Å². The lowest BCUT2D eigenvalue weighted by Gasteiger charge is -2.17. The first kappa shape index (κ1) is 14.9. The number of aliphatic hydroxyl groups excluding tert-OH is 1. The molecule has 1 heterocycles. The summed E-state index contributed by atoms with van der Waals surface area (Å²) < 4.78 is 1.80. The predicted octanol–water partition coefficient (Wildman–Crippen LogP) is 3.68. The first-order valence-electron chi connectivity index (χ1n) is 5.99. The summed E-state index contributed by atoms with van der Waals surface area (Å²) in [5.41, 5.74) is 0.734. The highest BCUT2D eigenvalue weighted by atomic mass is 35.5. The summed E-state index contributed by atoms with van der Waals surface area (Å²) in [5, 5.41) is 15.5. The van der Waals surface area contributed by atoms with Crippen molar-refractivity contribution in [2.45, 2.75) is 51.5 Å². The van der Waals surface area contributed by atoms with Gasteiger partial charge in [-0.1, -0.05) is 25.4 Å². The minimum absolute atomic E-state index is 0.209. The van der Waals surface area contributed by atoms with E-state index in [1.165, 1.54) is 0 Å². The molecular weight excluding hydrogens is 256 g/mol. The summed E-state index contributed by atoms with van der Waals surface area (Å²) >= 11 is 7.84. The fourth-order valence-electron chi connectivity index (χ4n) is 1.53. The third kappa shape index (κ3) is 3.90. The molecule has 0 amide bonds. The van der Waals surface area contributed by atoms with E-state index in [0.717, 1.165) is 12.1 Å². The molecule has 1 N–H and O–H groups in total. The summed E-state index contributed by atoms with van der Waals surface area (Å²) in [6, 6.07) is 0.209. The maximum absolute atomic E-state index is 10.2. The van der Waals surface area contributed by atoms with Gasteiger partial charge in [-0.05, 0) is 20.3 Å². The van der Waals surface area contributed by atoms with Crippen molar-refractivity contribution in [3.8, 4) is 0 Å². The molecule has 0 spiro atoms. The van der Waals surface area contributed by atoms with Crippen LogP contribution in [0.3, 0.4) is 0 Å². The molecule has 1 aromatic heterocycles. The monoisotopic (exact) mass is 276 g/mol. The van der Waals surface area contributed by atoms with Crippen LogP contribution in [0.15, 0.2) is 6.20 Å². The third-order valence-electron chi connectivity index (χ3n) is 2.71. The quantitative estimate of drug-likeness (QED) is 0.861. The zero-order chi connectivity index (χ0) is 13.0. The van der Waals surface area contributed by atoms with E-state index in [0.29, 0.717) is 16.0 Å². The predicted molar refractivity (Wildman–Crippen MR) is 74.8 cm³/mol. The molecule has 0 saturated heterocycles. The van der Waals surface area contributed by atoms with E-state index in [-0.39, 0.29) is 6.04 Å². The first-order chi connectivity index (χ1) is 7.97. The molecular formula is C12H21ClN2OS. The molecule has 0 aromatic carbocycles. The van der Waals surface area contributed by atoms with E-state index in [2.05, 4.69) is 18.9 Å². The third-order valence-corrected chi connectivity index (χ3v) is 4.41. The Labute approximate surface area is 113 Å². The van der Waals surface area contributed by atoms with Crippen LogP contribution in [0.5, 0.6) is 0 Å². The van der Waals surface area contributed by atoms with Crippen LogP contribution in [0.25, 0.3) is 0 Å². The molecule has 1 rings (SSSR count). The molecule has 0 aliphatic carbocycles. The smallest absolute Gasteiger partial charge is 0.106 e. The minimum atomic E-state index is -0.550. The number of rotatable bonds is 6. The Morgan fingerprint density at radius 3 is 2.65 bits per heavy atom. The first-order valence-corrected chi connectivity index (χ1v) is 7.42. The highest BCUT2D eigenvalue weighted by molar-refractivity contribution is 7.99. The molecule has 0 fully saturated rings. The second kappa shape index (κ2) is 6.66. The molecule has 0 radical (unpaired) electrons. The number of aromatic nitrogens is 2. The van der Waals surface area contributed by atoms with Crippen LogP contribution < -0.4 is 0 Å². The van der Waals surface area contributed by atoms with Gasteiger partial charge in [0.25, 0.3) is 0 Å². The Hall–Kier alpha value is -0.190. The van der Waals surface area contributed by atoms with Gasteiger partial charge < -0.3 is 5.11 Å². The van der Waals surface area contributed by atoms with Gasteiger partial charge in [-0.15, -0.1) is 0 Å². The molecule has 5 heteroatoms. The summed E-state index contributed by atoms with van der Waals surface area (Å²) in [5.74, 6) is 0.660. The second-order valence-electron chi connectivity index (χ2n) is 4.48. The molecule has 0 aliphatic rings. The van der Waals surface area contributed by atoms with Crippen LogP contribution in [0.4, 0.5) is 0 Å². The van der Waals surface area contributed by atoms with Gasteiger partial charge in [0, 0.05) is 17.0 Å². The molecule has 17 heavy (non-hydrogen) atoms. The number of hydrogen-bond acceptors (Lipinski definition) is 3. The van der Waals surface area contributed by atoms with Crippen molar-refractivity contribution in [3.05, 3.63) is 16.9 Å². The van der Waals surface area contributed by atoms with Crippen molar-refractivity contribution in [3.63, 3.8) is 0 Å². The van der Waals surface area contributed by atoms with Crippen molar-refractivity contribution in [2.75, 3.05) is 5.75 Å². The fraction of sp³-hybridized carbons (Fsp3) is 0.750. The zero-order valence-electron chi connectivity index (χ0n) is 10.9. The maximum Gasteiger partial charge on any atom is 0.106 e. The van der Waals surface area contributed by atoms with Gasteiger partial charge in [-0.2, -0.15) is 16.9 Å². The van der Waals surface area contributed by atoms with Crippen LogP contribution in [0, 0.1) is 0 Å². The lowest BCUT2D eigenvalue weighted by Crippen LogP contribution is -2.14. The van der Waals surface area contributed by atoms with Gasteiger partial charge in [0.15, 0.2) is 0 Å². The molecule has 1 aromatic rings. The van der Waals surface area contributed by atoms with Crippen molar-refractivity contribution in [1.29, 1.82) is 0 Å². The normalized spacial score (nSPS) is 15.2. The second-order valence-corrected chi connectivity index (χ2v) is 6.36. The van der Waals surface area contributed by atoms with Gasteiger partial charge in [-0.3, -0.25) is 4.68 Å². The maximum atomic E-state index is 10.2. The average molecular weight is 277 g/mol. The molecule has 3 nitrogen and oxygen atoms in total. The topological polar surface area (TPSA) is 38.1 Å².